The predicted molar refractivity (Wildman–Crippen MR) is 110 cm³/mol. The second-order valence-electron chi connectivity index (χ2n) is 7.01. The molecule has 29 heavy (non-hydrogen) atoms. The average Bonchev–Trinajstić information content (AvgIpc) is 2.73. The van der Waals surface area contributed by atoms with E-state index in [2.05, 4.69) is 10.2 Å². The minimum absolute atomic E-state index is 0.225. The van der Waals surface area contributed by atoms with Gasteiger partial charge in [0.25, 0.3) is 5.91 Å². The molecule has 8 nitrogen and oxygen atoms in total. The minimum Gasteiger partial charge on any atom is -0.486 e. The summed E-state index contributed by atoms with van der Waals surface area (Å²) >= 11 is 0. The predicted octanol–water partition coefficient (Wildman–Crippen LogP) is 1.79. The van der Waals surface area contributed by atoms with E-state index in [1.54, 1.807) is 18.2 Å². The SMILES string of the molecule is CS(=O)(=O)N1CCN(c2ccc(NC(=O)c3ccc4c(c3)OCCO4)cc2)CC1. The van der Waals surface area contributed by atoms with Gasteiger partial charge in [-0.2, -0.15) is 4.31 Å². The summed E-state index contributed by atoms with van der Waals surface area (Å²) in [6, 6.07) is 12.7. The zero-order valence-electron chi connectivity index (χ0n) is 16.1. The van der Waals surface area contributed by atoms with Crippen molar-refractivity contribution in [1.29, 1.82) is 0 Å². The largest absolute Gasteiger partial charge is 0.486 e. The van der Waals surface area contributed by atoms with Crippen molar-refractivity contribution in [2.24, 2.45) is 0 Å². The Labute approximate surface area is 170 Å². The summed E-state index contributed by atoms with van der Waals surface area (Å²) in [6.45, 7) is 3.20. The minimum atomic E-state index is -3.14. The second kappa shape index (κ2) is 7.92. The van der Waals surface area contributed by atoms with Gasteiger partial charge in [-0.1, -0.05) is 0 Å². The Morgan fingerprint density at radius 2 is 1.59 bits per heavy atom. The van der Waals surface area contributed by atoms with E-state index in [9.17, 15) is 13.2 Å². The summed E-state index contributed by atoms with van der Waals surface area (Å²) in [5.41, 5.74) is 2.18. The number of sulfonamides is 1. The maximum atomic E-state index is 12.5. The smallest absolute Gasteiger partial charge is 0.255 e. The molecule has 0 radical (unpaired) electrons. The van der Waals surface area contributed by atoms with Crippen molar-refractivity contribution in [2.75, 3.05) is 55.9 Å². The lowest BCUT2D eigenvalue weighted by molar-refractivity contribution is 0.102. The van der Waals surface area contributed by atoms with Crippen molar-refractivity contribution in [2.45, 2.75) is 0 Å². The molecule has 0 aromatic heterocycles. The number of fused-ring (bicyclic) bond motifs is 1. The average molecular weight is 417 g/mol. The molecule has 2 aliphatic rings. The maximum absolute atomic E-state index is 12.5. The van der Waals surface area contributed by atoms with Gasteiger partial charge >= 0.3 is 0 Å². The fraction of sp³-hybridized carbons (Fsp3) is 0.350. The first-order chi connectivity index (χ1) is 13.9. The third-order valence-corrected chi connectivity index (χ3v) is 6.31. The number of rotatable bonds is 4. The fourth-order valence-electron chi connectivity index (χ4n) is 3.42. The summed E-state index contributed by atoms with van der Waals surface area (Å²) in [5.74, 6) is 0.997. The standard InChI is InChI=1S/C20H23N3O5S/c1-29(25,26)23-10-8-22(9-11-23)17-5-3-16(4-6-17)21-20(24)15-2-7-18-19(14-15)28-13-12-27-18/h2-7,14H,8-13H2,1H3,(H,21,24). The van der Waals surface area contributed by atoms with E-state index in [0.717, 1.165) is 5.69 Å². The number of hydrogen-bond acceptors (Lipinski definition) is 6. The van der Waals surface area contributed by atoms with Crippen molar-refractivity contribution in [1.82, 2.24) is 4.31 Å². The highest BCUT2D eigenvalue weighted by Gasteiger charge is 2.23. The molecule has 1 fully saturated rings. The first-order valence-electron chi connectivity index (χ1n) is 9.41. The Balaban J connectivity index is 1.38. The maximum Gasteiger partial charge on any atom is 0.255 e. The van der Waals surface area contributed by atoms with Crippen LogP contribution in [0, 0.1) is 0 Å². The molecule has 1 N–H and O–H groups in total. The molecule has 154 valence electrons. The van der Waals surface area contributed by atoms with Crippen molar-refractivity contribution in [3.8, 4) is 11.5 Å². The van der Waals surface area contributed by atoms with Gasteiger partial charge in [0, 0.05) is 43.1 Å². The Hall–Kier alpha value is -2.78. The summed E-state index contributed by atoms with van der Waals surface area (Å²) in [5, 5.41) is 2.88. The Morgan fingerprint density at radius 3 is 2.24 bits per heavy atom. The molecule has 2 aromatic carbocycles. The van der Waals surface area contributed by atoms with Crippen LogP contribution in [0.4, 0.5) is 11.4 Å². The summed E-state index contributed by atoms with van der Waals surface area (Å²) in [4.78, 5) is 14.7. The molecule has 1 saturated heterocycles. The number of anilines is 2. The van der Waals surface area contributed by atoms with Crippen LogP contribution in [0.15, 0.2) is 42.5 Å². The number of benzene rings is 2. The van der Waals surface area contributed by atoms with Gasteiger partial charge in [-0.05, 0) is 42.5 Å². The molecular formula is C20H23N3O5S. The number of piperazine rings is 1. The van der Waals surface area contributed by atoms with Gasteiger partial charge in [-0.15, -0.1) is 0 Å². The highest BCUT2D eigenvalue weighted by Crippen LogP contribution is 2.31. The normalized spacial score (nSPS) is 17.1. The summed E-state index contributed by atoms with van der Waals surface area (Å²) in [6.07, 6.45) is 1.24. The number of nitrogens with zero attached hydrogens (tertiary/aromatic N) is 2. The molecular weight excluding hydrogens is 394 g/mol. The first kappa shape index (κ1) is 19.5. The van der Waals surface area contributed by atoms with Crippen molar-refractivity contribution in [3.63, 3.8) is 0 Å². The Bertz CT molecular complexity index is 999. The van der Waals surface area contributed by atoms with Crippen LogP contribution in [-0.2, 0) is 10.0 Å². The molecule has 0 atom stereocenters. The van der Waals surface area contributed by atoms with Gasteiger partial charge in [0.1, 0.15) is 13.2 Å². The molecule has 0 unspecified atom stereocenters. The number of hydrogen-bond donors (Lipinski definition) is 1. The van der Waals surface area contributed by atoms with Crippen LogP contribution >= 0.6 is 0 Å². The van der Waals surface area contributed by atoms with Crippen LogP contribution in [0.5, 0.6) is 11.5 Å². The van der Waals surface area contributed by atoms with Crippen LogP contribution in [0.2, 0.25) is 0 Å². The van der Waals surface area contributed by atoms with Crippen molar-refractivity contribution >= 4 is 27.3 Å². The lowest BCUT2D eigenvalue weighted by Crippen LogP contribution is -2.48. The molecule has 0 saturated carbocycles. The van der Waals surface area contributed by atoms with E-state index in [1.165, 1.54) is 10.6 Å². The van der Waals surface area contributed by atoms with Gasteiger partial charge in [-0.25, -0.2) is 8.42 Å². The number of carbonyl (C=O) groups excluding carboxylic acids is 1. The zero-order valence-corrected chi connectivity index (χ0v) is 16.9. The second-order valence-corrected chi connectivity index (χ2v) is 8.99. The highest BCUT2D eigenvalue weighted by atomic mass is 32.2. The van der Waals surface area contributed by atoms with Gasteiger partial charge < -0.3 is 19.7 Å². The lowest BCUT2D eigenvalue weighted by Gasteiger charge is -2.34. The molecule has 0 aliphatic carbocycles. The van der Waals surface area contributed by atoms with Crippen LogP contribution in [0.1, 0.15) is 10.4 Å². The van der Waals surface area contributed by atoms with E-state index in [0.29, 0.717) is 62.1 Å². The summed E-state index contributed by atoms with van der Waals surface area (Å²) < 4.78 is 35.7. The van der Waals surface area contributed by atoms with E-state index < -0.39 is 10.0 Å². The van der Waals surface area contributed by atoms with Gasteiger partial charge in [-0.3, -0.25) is 4.79 Å². The molecule has 2 aromatic rings. The third kappa shape index (κ3) is 4.46. The molecule has 0 bridgehead atoms. The first-order valence-corrected chi connectivity index (χ1v) is 11.3. The number of ether oxygens (including phenoxy) is 2. The van der Waals surface area contributed by atoms with Crippen LogP contribution < -0.4 is 19.7 Å². The van der Waals surface area contributed by atoms with Crippen LogP contribution in [0.25, 0.3) is 0 Å². The van der Waals surface area contributed by atoms with Crippen molar-refractivity contribution < 1.29 is 22.7 Å². The number of nitrogens with one attached hydrogen (secondary N) is 1. The fourth-order valence-corrected chi connectivity index (χ4v) is 4.25. The number of amides is 1. The van der Waals surface area contributed by atoms with Gasteiger partial charge in [0.2, 0.25) is 10.0 Å². The van der Waals surface area contributed by atoms with E-state index in [4.69, 9.17) is 9.47 Å². The Kier molecular flexibility index (Phi) is 5.33. The van der Waals surface area contributed by atoms with Crippen LogP contribution in [0.3, 0.4) is 0 Å². The molecule has 2 aliphatic heterocycles. The van der Waals surface area contributed by atoms with Gasteiger partial charge in [0.15, 0.2) is 11.5 Å². The highest BCUT2D eigenvalue weighted by molar-refractivity contribution is 7.88. The third-order valence-electron chi connectivity index (χ3n) is 5.00. The van der Waals surface area contributed by atoms with E-state index >= 15 is 0 Å². The molecule has 9 heteroatoms. The Morgan fingerprint density at radius 1 is 0.931 bits per heavy atom. The van der Waals surface area contributed by atoms with Crippen molar-refractivity contribution in [3.05, 3.63) is 48.0 Å². The summed E-state index contributed by atoms with van der Waals surface area (Å²) in [7, 11) is -3.14. The molecule has 1 amide bonds. The quantitative estimate of drug-likeness (QED) is 0.816. The van der Waals surface area contributed by atoms with E-state index in [-0.39, 0.29) is 5.91 Å². The van der Waals surface area contributed by atoms with E-state index in [1.807, 2.05) is 24.3 Å². The number of carbonyl (C=O) groups is 1. The lowest BCUT2D eigenvalue weighted by atomic mass is 10.1. The molecule has 4 rings (SSSR count). The zero-order chi connectivity index (χ0) is 20.4. The topological polar surface area (TPSA) is 88.2 Å². The van der Waals surface area contributed by atoms with Crippen LogP contribution in [-0.4, -0.2) is 64.3 Å². The molecule has 2 heterocycles. The monoisotopic (exact) mass is 417 g/mol. The van der Waals surface area contributed by atoms with Gasteiger partial charge in [0.05, 0.1) is 6.26 Å². The molecule has 0 spiro atoms.